The molecule has 0 atom stereocenters. The van der Waals surface area contributed by atoms with Gasteiger partial charge in [0.2, 0.25) is 0 Å². The van der Waals surface area contributed by atoms with Crippen molar-refractivity contribution in [2.24, 2.45) is 0 Å². The fourth-order valence-electron chi connectivity index (χ4n) is 3.34. The van der Waals surface area contributed by atoms with Crippen LogP contribution in [0.15, 0.2) is 24.3 Å². The Balaban J connectivity index is 1.78. The highest BCUT2D eigenvalue weighted by Gasteiger charge is 2.54. The quantitative estimate of drug-likeness (QED) is 0.815. The number of carbonyl (C=O) groups is 2. The molecule has 2 fully saturated rings. The molecule has 0 spiro atoms. The van der Waals surface area contributed by atoms with Crippen LogP contribution in [0.25, 0.3) is 0 Å². The first-order chi connectivity index (χ1) is 11.5. The number of methoxy groups -OCH3 is 1. The Hall–Kier alpha value is -2.08. The normalized spacial score (nSPS) is 18.8. The zero-order valence-corrected chi connectivity index (χ0v) is 14.6. The molecule has 0 bridgehead atoms. The maximum atomic E-state index is 13.2. The van der Waals surface area contributed by atoms with E-state index in [1.54, 1.807) is 17.1 Å². The first kappa shape index (κ1) is 16.8. The third-order valence-electron chi connectivity index (χ3n) is 4.81. The molecule has 1 aliphatic carbocycles. The Kier molecular flexibility index (Phi) is 4.49. The van der Waals surface area contributed by atoms with Gasteiger partial charge in [-0.3, -0.25) is 19.6 Å². The maximum absolute atomic E-state index is 13.2. The van der Waals surface area contributed by atoms with Gasteiger partial charge in [-0.2, -0.15) is 0 Å². The molecule has 1 saturated carbocycles. The van der Waals surface area contributed by atoms with Crippen molar-refractivity contribution in [2.45, 2.75) is 24.7 Å². The summed E-state index contributed by atoms with van der Waals surface area (Å²) >= 11 is 0. The summed E-state index contributed by atoms with van der Waals surface area (Å²) in [7, 11) is 5.35. The standard InChI is InChI=1S/C18H25N3O3/c1-19(2)13-16(22)20-11-4-12-21(20)17(23)18(9-10-18)14-5-7-15(24-3)8-6-14/h5-8H,4,9-13H2,1-3H3. The first-order valence-corrected chi connectivity index (χ1v) is 8.39. The lowest BCUT2D eigenvalue weighted by atomic mass is 9.94. The van der Waals surface area contributed by atoms with Crippen LogP contribution < -0.4 is 4.74 Å². The molecule has 1 aromatic carbocycles. The number of hydrazine groups is 1. The predicted octanol–water partition coefficient (Wildman–Crippen LogP) is 1.26. The van der Waals surface area contributed by atoms with E-state index in [1.165, 1.54) is 0 Å². The number of rotatable bonds is 5. The van der Waals surface area contributed by atoms with Crippen molar-refractivity contribution in [1.82, 2.24) is 14.9 Å². The highest BCUT2D eigenvalue weighted by Crippen LogP contribution is 2.50. The van der Waals surface area contributed by atoms with Crippen molar-refractivity contribution in [3.8, 4) is 5.75 Å². The smallest absolute Gasteiger partial charge is 0.255 e. The van der Waals surface area contributed by atoms with Gasteiger partial charge >= 0.3 is 0 Å². The molecular weight excluding hydrogens is 306 g/mol. The minimum Gasteiger partial charge on any atom is -0.497 e. The van der Waals surface area contributed by atoms with E-state index in [0.717, 1.165) is 30.6 Å². The van der Waals surface area contributed by atoms with Crippen molar-refractivity contribution < 1.29 is 14.3 Å². The molecule has 0 radical (unpaired) electrons. The number of amides is 2. The van der Waals surface area contributed by atoms with Gasteiger partial charge in [-0.25, -0.2) is 0 Å². The molecular formula is C18H25N3O3. The second kappa shape index (κ2) is 6.43. The van der Waals surface area contributed by atoms with E-state index in [2.05, 4.69) is 0 Å². The summed E-state index contributed by atoms with van der Waals surface area (Å²) in [4.78, 5) is 27.4. The van der Waals surface area contributed by atoms with Crippen LogP contribution in [0.2, 0.25) is 0 Å². The summed E-state index contributed by atoms with van der Waals surface area (Å²) in [5.41, 5.74) is 0.549. The number of nitrogens with zero attached hydrogens (tertiary/aromatic N) is 3. The maximum Gasteiger partial charge on any atom is 0.255 e. The van der Waals surface area contributed by atoms with Crippen LogP contribution in [0.5, 0.6) is 5.75 Å². The molecule has 0 N–H and O–H groups in total. The molecule has 24 heavy (non-hydrogen) atoms. The highest BCUT2D eigenvalue weighted by molar-refractivity contribution is 5.93. The second-order valence-corrected chi connectivity index (χ2v) is 6.85. The van der Waals surface area contributed by atoms with Crippen molar-refractivity contribution in [3.05, 3.63) is 29.8 Å². The molecule has 3 rings (SSSR count). The van der Waals surface area contributed by atoms with Gasteiger partial charge in [0.05, 0.1) is 19.1 Å². The van der Waals surface area contributed by atoms with Crippen LogP contribution in [0.1, 0.15) is 24.8 Å². The van der Waals surface area contributed by atoms with E-state index in [1.807, 2.05) is 43.3 Å². The average molecular weight is 331 g/mol. The third kappa shape index (κ3) is 2.98. The lowest BCUT2D eigenvalue weighted by Crippen LogP contribution is -2.50. The molecule has 2 amide bonds. The molecule has 130 valence electrons. The van der Waals surface area contributed by atoms with E-state index < -0.39 is 5.41 Å². The number of ether oxygens (including phenoxy) is 1. The number of likely N-dealkylation sites (N-methyl/N-ethyl adjacent to an activating group) is 1. The van der Waals surface area contributed by atoms with E-state index in [4.69, 9.17) is 4.74 Å². The monoisotopic (exact) mass is 331 g/mol. The van der Waals surface area contributed by atoms with Gasteiger partial charge < -0.3 is 9.64 Å². The van der Waals surface area contributed by atoms with Crippen LogP contribution in [0.4, 0.5) is 0 Å². The molecule has 1 aromatic rings. The van der Waals surface area contributed by atoms with E-state index in [0.29, 0.717) is 19.6 Å². The van der Waals surface area contributed by atoms with E-state index >= 15 is 0 Å². The topological polar surface area (TPSA) is 53.1 Å². The molecule has 1 heterocycles. The summed E-state index contributed by atoms with van der Waals surface area (Å²) < 4.78 is 5.20. The van der Waals surface area contributed by atoms with Gasteiger partial charge in [-0.1, -0.05) is 12.1 Å². The Morgan fingerprint density at radius 1 is 1.12 bits per heavy atom. The van der Waals surface area contributed by atoms with Gasteiger partial charge in [-0.05, 0) is 51.1 Å². The third-order valence-corrected chi connectivity index (χ3v) is 4.81. The van der Waals surface area contributed by atoms with Crippen molar-refractivity contribution in [2.75, 3.05) is 40.8 Å². The summed E-state index contributed by atoms with van der Waals surface area (Å²) in [6.07, 6.45) is 2.51. The lowest BCUT2D eigenvalue weighted by Gasteiger charge is -2.32. The Morgan fingerprint density at radius 3 is 2.29 bits per heavy atom. The summed E-state index contributed by atoms with van der Waals surface area (Å²) in [5.74, 6) is 0.819. The zero-order valence-electron chi connectivity index (χ0n) is 14.6. The zero-order chi connectivity index (χ0) is 17.3. The van der Waals surface area contributed by atoms with Crippen molar-refractivity contribution in [3.63, 3.8) is 0 Å². The van der Waals surface area contributed by atoms with Crippen LogP contribution in [0.3, 0.4) is 0 Å². The number of hydrogen-bond donors (Lipinski definition) is 0. The van der Waals surface area contributed by atoms with Crippen LogP contribution in [-0.2, 0) is 15.0 Å². The number of benzene rings is 1. The van der Waals surface area contributed by atoms with Crippen LogP contribution >= 0.6 is 0 Å². The largest absolute Gasteiger partial charge is 0.497 e. The van der Waals surface area contributed by atoms with Gasteiger partial charge in [0.15, 0.2) is 0 Å². The fourth-order valence-corrected chi connectivity index (χ4v) is 3.34. The Bertz CT molecular complexity index is 623. The molecule has 2 aliphatic rings. The average Bonchev–Trinajstić information content (AvgIpc) is 3.23. The van der Waals surface area contributed by atoms with Gasteiger partial charge in [0, 0.05) is 13.1 Å². The first-order valence-electron chi connectivity index (χ1n) is 8.39. The highest BCUT2D eigenvalue weighted by atomic mass is 16.5. The SMILES string of the molecule is COc1ccc(C2(C(=O)N3CCCN3C(=O)CN(C)C)CC2)cc1. The number of carbonyl (C=O) groups excluding carboxylic acids is 2. The van der Waals surface area contributed by atoms with Crippen molar-refractivity contribution in [1.29, 1.82) is 0 Å². The molecule has 1 saturated heterocycles. The summed E-state index contributed by atoms with van der Waals surface area (Å²) in [6, 6.07) is 7.71. The minimum atomic E-state index is -0.465. The molecule has 1 aliphatic heterocycles. The fraction of sp³-hybridized carbons (Fsp3) is 0.556. The van der Waals surface area contributed by atoms with E-state index in [-0.39, 0.29) is 11.8 Å². The number of hydrogen-bond acceptors (Lipinski definition) is 4. The molecule has 0 aromatic heterocycles. The van der Waals surface area contributed by atoms with Gasteiger partial charge in [0.1, 0.15) is 5.75 Å². The Labute approximate surface area is 142 Å². The second-order valence-electron chi connectivity index (χ2n) is 6.85. The molecule has 0 unspecified atom stereocenters. The van der Waals surface area contributed by atoms with Gasteiger partial charge in [-0.15, -0.1) is 0 Å². The van der Waals surface area contributed by atoms with Crippen LogP contribution in [-0.4, -0.2) is 67.6 Å². The van der Waals surface area contributed by atoms with E-state index in [9.17, 15) is 9.59 Å². The van der Waals surface area contributed by atoms with Crippen LogP contribution in [0, 0.1) is 0 Å². The molecule has 6 heteroatoms. The summed E-state index contributed by atoms with van der Waals surface area (Å²) in [6.45, 7) is 1.56. The van der Waals surface area contributed by atoms with Gasteiger partial charge in [0.25, 0.3) is 11.8 Å². The Morgan fingerprint density at radius 2 is 1.75 bits per heavy atom. The minimum absolute atomic E-state index is 0.0172. The molecule has 6 nitrogen and oxygen atoms in total. The summed E-state index contributed by atoms with van der Waals surface area (Å²) in [5, 5.41) is 3.30. The lowest BCUT2D eigenvalue weighted by molar-refractivity contribution is -0.160. The predicted molar refractivity (Wildman–Crippen MR) is 90.5 cm³/mol. The van der Waals surface area contributed by atoms with Crippen molar-refractivity contribution >= 4 is 11.8 Å².